The predicted octanol–water partition coefficient (Wildman–Crippen LogP) is 3.45. The molecule has 0 fully saturated rings. The zero-order chi connectivity index (χ0) is 29.6. The van der Waals surface area contributed by atoms with Crippen LogP contribution in [0.25, 0.3) is 0 Å². The van der Waals surface area contributed by atoms with Crippen molar-refractivity contribution in [2.45, 2.75) is 25.1 Å². The van der Waals surface area contributed by atoms with Gasteiger partial charge >= 0.3 is 0 Å². The Bertz CT molecular complexity index is 1310. The Hall–Kier alpha value is -4.32. The summed E-state index contributed by atoms with van der Waals surface area (Å²) in [5.74, 6) is 0.998. The smallest absolute Gasteiger partial charge is 0.255 e. The van der Waals surface area contributed by atoms with E-state index >= 15 is 0 Å². The summed E-state index contributed by atoms with van der Waals surface area (Å²) >= 11 is 0. The summed E-state index contributed by atoms with van der Waals surface area (Å²) in [6, 6.07) is 14.4. The number of methoxy groups -OCH3 is 3. The van der Waals surface area contributed by atoms with Crippen LogP contribution in [0, 0.1) is 5.41 Å². The van der Waals surface area contributed by atoms with Crippen LogP contribution in [0.2, 0.25) is 0 Å². The molecular formula is C30H38N6O5. The van der Waals surface area contributed by atoms with E-state index in [4.69, 9.17) is 25.4 Å². The minimum atomic E-state index is -0.225. The van der Waals surface area contributed by atoms with Crippen molar-refractivity contribution >= 4 is 23.3 Å². The van der Waals surface area contributed by atoms with Gasteiger partial charge in [-0.3, -0.25) is 10.2 Å². The number of hydrogen-bond donors (Lipinski definition) is 4. The number of nitrogen functional groups attached to an aromatic ring is 1. The number of ether oxygens (including phenoxy) is 4. The zero-order valence-corrected chi connectivity index (χ0v) is 23.8. The van der Waals surface area contributed by atoms with Crippen LogP contribution in [0.3, 0.4) is 0 Å². The molecule has 4 rings (SSSR count). The maximum Gasteiger partial charge on any atom is 0.255 e. The first-order chi connectivity index (χ1) is 19.9. The molecule has 1 heterocycles. The van der Waals surface area contributed by atoms with Gasteiger partial charge in [-0.15, -0.1) is 0 Å². The van der Waals surface area contributed by atoms with E-state index in [9.17, 15) is 4.79 Å². The van der Waals surface area contributed by atoms with Gasteiger partial charge in [0.25, 0.3) is 5.91 Å². The Morgan fingerprint density at radius 1 is 1.02 bits per heavy atom. The molecule has 218 valence electrons. The molecule has 0 saturated heterocycles. The van der Waals surface area contributed by atoms with Crippen LogP contribution in [0.1, 0.15) is 33.5 Å². The fraction of sp³-hybridized carbons (Fsp3) is 0.333. The van der Waals surface area contributed by atoms with Crippen molar-refractivity contribution in [1.82, 2.24) is 15.3 Å². The van der Waals surface area contributed by atoms with E-state index in [-0.39, 0.29) is 29.6 Å². The number of rotatable bonds is 12. The van der Waals surface area contributed by atoms with Gasteiger partial charge in [0, 0.05) is 45.9 Å². The Morgan fingerprint density at radius 2 is 1.76 bits per heavy atom. The maximum atomic E-state index is 12.6. The van der Waals surface area contributed by atoms with Gasteiger partial charge in [0.1, 0.15) is 23.7 Å². The van der Waals surface area contributed by atoms with E-state index in [1.54, 1.807) is 39.5 Å². The van der Waals surface area contributed by atoms with Crippen molar-refractivity contribution in [2.24, 2.45) is 0 Å². The topological polar surface area (TPSA) is 154 Å². The molecule has 1 aromatic heterocycles. The lowest BCUT2D eigenvalue weighted by Crippen LogP contribution is -2.23. The molecule has 5 N–H and O–H groups in total. The average Bonchev–Trinajstić information content (AvgIpc) is 3.43. The molecular weight excluding hydrogens is 524 g/mol. The van der Waals surface area contributed by atoms with Gasteiger partial charge in [-0.2, -0.15) is 0 Å². The van der Waals surface area contributed by atoms with Gasteiger partial charge in [-0.05, 0) is 17.7 Å². The molecule has 41 heavy (non-hydrogen) atoms. The predicted molar refractivity (Wildman–Crippen MR) is 159 cm³/mol. The third-order valence-corrected chi connectivity index (χ3v) is 6.16. The fourth-order valence-electron chi connectivity index (χ4n) is 4.15. The van der Waals surface area contributed by atoms with Crippen LogP contribution < -0.4 is 21.1 Å². The number of hydrogen-bond acceptors (Lipinski definition) is 10. The summed E-state index contributed by atoms with van der Waals surface area (Å²) in [4.78, 5) is 21.1. The molecule has 0 bridgehead atoms. The molecule has 2 atom stereocenters. The second-order valence-electron chi connectivity index (χ2n) is 9.12. The van der Waals surface area contributed by atoms with Crippen molar-refractivity contribution < 1.29 is 23.7 Å². The summed E-state index contributed by atoms with van der Waals surface area (Å²) in [5.41, 5.74) is 8.82. The normalized spacial score (nSPS) is 15.5. The molecule has 3 aromatic rings. The number of amides is 1. The Balaban J connectivity index is 0.00000147. The van der Waals surface area contributed by atoms with E-state index in [0.717, 1.165) is 12.0 Å². The average molecular weight is 563 g/mol. The first-order valence-corrected chi connectivity index (χ1v) is 13.1. The number of nitrogens with zero attached hydrogens (tertiary/aromatic N) is 2. The monoisotopic (exact) mass is 562 g/mol. The highest BCUT2D eigenvalue weighted by Crippen LogP contribution is 2.25. The van der Waals surface area contributed by atoms with Gasteiger partial charge in [-0.1, -0.05) is 48.6 Å². The fourth-order valence-corrected chi connectivity index (χ4v) is 4.15. The Kier molecular flexibility index (Phi) is 12.2. The van der Waals surface area contributed by atoms with Crippen molar-refractivity contribution in [2.75, 3.05) is 52.7 Å². The third-order valence-electron chi connectivity index (χ3n) is 6.16. The van der Waals surface area contributed by atoms with Crippen molar-refractivity contribution in [3.8, 4) is 5.75 Å². The number of benzene rings is 2. The maximum absolute atomic E-state index is 12.6. The largest absolute Gasteiger partial charge is 0.496 e. The summed E-state index contributed by atoms with van der Waals surface area (Å²) in [7, 11) is 6.43. The number of carbonyl (C=O) groups is 1. The molecule has 0 aliphatic heterocycles. The molecule has 0 saturated carbocycles. The van der Waals surface area contributed by atoms with Gasteiger partial charge in [0.2, 0.25) is 0 Å². The van der Waals surface area contributed by atoms with Crippen LogP contribution in [0.4, 0.5) is 11.6 Å². The molecule has 11 heteroatoms. The second kappa shape index (κ2) is 16.1. The number of para-hydroxylation sites is 1. The summed E-state index contributed by atoms with van der Waals surface area (Å²) in [6.07, 6.45) is 6.13. The third kappa shape index (κ3) is 8.84. The van der Waals surface area contributed by atoms with Crippen molar-refractivity contribution in [3.05, 3.63) is 89.3 Å². The molecule has 2 aromatic carbocycles. The quantitative estimate of drug-likeness (QED) is 0.148. The summed E-state index contributed by atoms with van der Waals surface area (Å²) in [6.45, 7) is 1.39. The first kappa shape index (κ1) is 31.2. The van der Waals surface area contributed by atoms with Gasteiger partial charge in [0.05, 0.1) is 43.3 Å². The second-order valence-corrected chi connectivity index (χ2v) is 9.12. The molecule has 0 radical (unpaired) electrons. The number of nitrogens with two attached hydrogens (primary N) is 1. The Morgan fingerprint density at radius 3 is 2.46 bits per heavy atom. The van der Waals surface area contributed by atoms with Gasteiger partial charge < -0.3 is 35.3 Å². The van der Waals surface area contributed by atoms with Gasteiger partial charge in [0.15, 0.2) is 0 Å². The van der Waals surface area contributed by atoms with Crippen molar-refractivity contribution in [3.63, 3.8) is 0 Å². The lowest BCUT2D eigenvalue weighted by Gasteiger charge is -2.18. The van der Waals surface area contributed by atoms with E-state index in [0.29, 0.717) is 48.0 Å². The standard InChI is InChI=1S/C28H32N6O4.C2H6O/c1-36-13-14-38-21-12-11-20(15-21)34-27-24(26(30)32-17-33-27)25(29)19-9-7-18(8-10-19)16-31-28(35)22-5-3-4-6-23(22)37-2;1-3-2/h3-12,17,20-21,29H,13-16H2,1-2H3,(H,31,35)(H3,30,32,33,34);1-2H3. The lowest BCUT2D eigenvalue weighted by atomic mass is 10.0. The van der Waals surface area contributed by atoms with Crippen LogP contribution in [0.15, 0.2) is 67.0 Å². The van der Waals surface area contributed by atoms with Gasteiger partial charge in [-0.25, -0.2) is 9.97 Å². The number of carbonyl (C=O) groups excluding carboxylic acids is 1. The highest BCUT2D eigenvalue weighted by Gasteiger charge is 2.23. The van der Waals surface area contributed by atoms with Crippen LogP contribution in [-0.2, 0) is 20.8 Å². The number of aromatic nitrogens is 2. The van der Waals surface area contributed by atoms with Crippen molar-refractivity contribution in [1.29, 1.82) is 5.41 Å². The van der Waals surface area contributed by atoms with Crippen LogP contribution in [-0.4, -0.2) is 75.4 Å². The highest BCUT2D eigenvalue weighted by atomic mass is 16.5. The zero-order valence-electron chi connectivity index (χ0n) is 23.8. The highest BCUT2D eigenvalue weighted by molar-refractivity contribution is 6.16. The van der Waals surface area contributed by atoms with Crippen LogP contribution >= 0.6 is 0 Å². The Labute approximate surface area is 240 Å². The van der Waals surface area contributed by atoms with E-state index < -0.39 is 0 Å². The van der Waals surface area contributed by atoms with E-state index in [1.165, 1.54) is 13.4 Å². The summed E-state index contributed by atoms with van der Waals surface area (Å²) < 4.78 is 20.3. The minimum absolute atomic E-state index is 0.0132. The molecule has 2 unspecified atom stereocenters. The molecule has 11 nitrogen and oxygen atoms in total. The SMILES string of the molecule is COC.COCCOC1C=CC(Nc2ncnc(N)c2C(=N)c2ccc(CNC(=O)c3ccccc3OC)cc2)C1. The lowest BCUT2D eigenvalue weighted by molar-refractivity contribution is 0.0391. The van der Waals surface area contributed by atoms with Crippen LogP contribution in [0.5, 0.6) is 5.75 Å². The first-order valence-electron chi connectivity index (χ1n) is 13.1. The summed E-state index contributed by atoms with van der Waals surface area (Å²) in [5, 5.41) is 15.1. The molecule has 1 aliphatic rings. The molecule has 1 amide bonds. The minimum Gasteiger partial charge on any atom is -0.496 e. The number of nitrogens with one attached hydrogen (secondary N) is 3. The van der Waals surface area contributed by atoms with E-state index in [1.807, 2.05) is 42.5 Å². The number of anilines is 2. The van der Waals surface area contributed by atoms with E-state index in [2.05, 4.69) is 25.3 Å². The molecule has 0 spiro atoms. The molecule has 1 aliphatic carbocycles.